The number of primary amides is 1. The lowest BCUT2D eigenvalue weighted by molar-refractivity contribution is -0.119. The first-order valence-electron chi connectivity index (χ1n) is 9.75. The first kappa shape index (κ1) is 20.6. The molecule has 8 heteroatoms. The number of carbonyl (C=O) groups is 2. The molecule has 0 aliphatic carbocycles. The van der Waals surface area contributed by atoms with E-state index in [0.717, 1.165) is 17.3 Å². The number of anilines is 1. The largest absolute Gasteiger partial charge is 0.483 e. The van der Waals surface area contributed by atoms with Gasteiger partial charge >= 0.3 is 0 Å². The summed E-state index contributed by atoms with van der Waals surface area (Å²) in [6.07, 6.45) is 0. The molecule has 29 heavy (non-hydrogen) atoms. The van der Waals surface area contributed by atoms with Crippen LogP contribution in [0.5, 0.6) is 5.75 Å². The van der Waals surface area contributed by atoms with Crippen LogP contribution in [-0.2, 0) is 4.79 Å². The number of aryl methyl sites for hydroxylation is 1. The van der Waals surface area contributed by atoms with E-state index in [1.165, 1.54) is 0 Å². The number of hydrogen-bond acceptors (Lipinski definition) is 6. The topological polar surface area (TPSA) is 102 Å². The minimum Gasteiger partial charge on any atom is -0.483 e. The second-order valence-electron chi connectivity index (χ2n) is 7.41. The monoisotopic (exact) mass is 397 g/mol. The normalized spacial score (nSPS) is 14.2. The molecule has 1 aromatic carbocycles. The summed E-state index contributed by atoms with van der Waals surface area (Å²) >= 11 is 0. The van der Waals surface area contributed by atoms with Gasteiger partial charge in [-0.25, -0.2) is 9.97 Å². The number of benzene rings is 1. The zero-order valence-corrected chi connectivity index (χ0v) is 17.1. The predicted octanol–water partition coefficient (Wildman–Crippen LogP) is 1.73. The average molecular weight is 397 g/mol. The number of nitrogens with two attached hydrogens (primary N) is 1. The van der Waals surface area contributed by atoms with E-state index in [4.69, 9.17) is 10.5 Å². The van der Waals surface area contributed by atoms with E-state index in [0.29, 0.717) is 37.5 Å². The molecule has 2 amide bonds. The molecule has 8 nitrogen and oxygen atoms in total. The van der Waals surface area contributed by atoms with Crippen molar-refractivity contribution in [2.45, 2.75) is 26.7 Å². The van der Waals surface area contributed by atoms with Gasteiger partial charge in [-0.1, -0.05) is 26.0 Å². The molecule has 154 valence electrons. The van der Waals surface area contributed by atoms with Crippen LogP contribution in [0, 0.1) is 6.92 Å². The number of amides is 2. The highest BCUT2D eigenvalue weighted by molar-refractivity contribution is 5.97. The molecule has 0 radical (unpaired) electrons. The van der Waals surface area contributed by atoms with Crippen LogP contribution in [-0.4, -0.2) is 59.5 Å². The van der Waals surface area contributed by atoms with Crippen LogP contribution in [0.25, 0.3) is 0 Å². The summed E-state index contributed by atoms with van der Waals surface area (Å²) in [5, 5.41) is 0. The van der Waals surface area contributed by atoms with Gasteiger partial charge in [-0.15, -0.1) is 0 Å². The quantitative estimate of drug-likeness (QED) is 0.797. The Morgan fingerprint density at radius 2 is 1.83 bits per heavy atom. The number of piperazine rings is 1. The maximum absolute atomic E-state index is 13.0. The predicted molar refractivity (Wildman–Crippen MR) is 110 cm³/mol. The van der Waals surface area contributed by atoms with Gasteiger partial charge in [0, 0.05) is 43.9 Å². The number of hydrogen-bond donors (Lipinski definition) is 1. The van der Waals surface area contributed by atoms with Crippen LogP contribution in [0.2, 0.25) is 0 Å². The molecule has 3 rings (SSSR count). The fraction of sp³-hybridized carbons (Fsp3) is 0.429. The van der Waals surface area contributed by atoms with Crippen LogP contribution in [0.15, 0.2) is 30.3 Å². The highest BCUT2D eigenvalue weighted by Gasteiger charge is 2.25. The summed E-state index contributed by atoms with van der Waals surface area (Å²) < 4.78 is 5.40. The molecule has 1 fully saturated rings. The van der Waals surface area contributed by atoms with E-state index < -0.39 is 5.91 Å². The van der Waals surface area contributed by atoms with Gasteiger partial charge in [-0.05, 0) is 19.1 Å². The molecular weight excluding hydrogens is 370 g/mol. The highest BCUT2D eigenvalue weighted by Crippen LogP contribution is 2.22. The molecule has 0 spiro atoms. The Morgan fingerprint density at radius 1 is 1.14 bits per heavy atom. The molecule has 1 aliphatic heterocycles. The van der Waals surface area contributed by atoms with Crippen LogP contribution < -0.4 is 15.4 Å². The average Bonchev–Trinajstić information content (AvgIpc) is 2.71. The maximum atomic E-state index is 13.0. The van der Waals surface area contributed by atoms with Gasteiger partial charge in [-0.2, -0.15) is 0 Å². The summed E-state index contributed by atoms with van der Waals surface area (Å²) in [4.78, 5) is 37.2. The van der Waals surface area contributed by atoms with Gasteiger partial charge in [0.05, 0.1) is 5.56 Å². The molecule has 0 atom stereocenters. The molecule has 1 aliphatic rings. The minimum atomic E-state index is -0.582. The van der Waals surface area contributed by atoms with Gasteiger partial charge < -0.3 is 20.3 Å². The standard InChI is InChI=1S/C21H27N5O3/c1-14(2)20-23-15(3)12-19(24-20)25-8-10-26(11-9-25)21(28)16-6-4-5-7-17(16)29-13-18(22)27/h4-7,12,14H,8-11,13H2,1-3H3,(H2,22,27). The Morgan fingerprint density at radius 3 is 2.48 bits per heavy atom. The van der Waals surface area contributed by atoms with E-state index >= 15 is 0 Å². The van der Waals surface area contributed by atoms with Crippen molar-refractivity contribution in [3.63, 3.8) is 0 Å². The van der Waals surface area contributed by atoms with Crippen LogP contribution >= 0.6 is 0 Å². The van der Waals surface area contributed by atoms with Crippen molar-refractivity contribution in [1.82, 2.24) is 14.9 Å². The summed E-state index contributed by atoms with van der Waals surface area (Å²) in [5.74, 6) is 1.66. The molecule has 0 bridgehead atoms. The fourth-order valence-corrected chi connectivity index (χ4v) is 3.22. The van der Waals surface area contributed by atoms with E-state index in [1.807, 2.05) is 13.0 Å². The Hall–Kier alpha value is -3.16. The zero-order chi connectivity index (χ0) is 21.0. The van der Waals surface area contributed by atoms with Crippen molar-refractivity contribution in [1.29, 1.82) is 0 Å². The summed E-state index contributed by atoms with van der Waals surface area (Å²) in [6, 6.07) is 8.89. The van der Waals surface area contributed by atoms with Crippen LogP contribution in [0.4, 0.5) is 5.82 Å². The van der Waals surface area contributed by atoms with Crippen molar-refractivity contribution in [3.8, 4) is 5.75 Å². The molecular formula is C21H27N5O3. The van der Waals surface area contributed by atoms with Gasteiger partial charge in [-0.3, -0.25) is 9.59 Å². The van der Waals surface area contributed by atoms with E-state index in [1.54, 1.807) is 29.2 Å². The third-order valence-corrected chi connectivity index (χ3v) is 4.75. The van der Waals surface area contributed by atoms with Crippen molar-refractivity contribution in [2.24, 2.45) is 5.73 Å². The van der Waals surface area contributed by atoms with Crippen molar-refractivity contribution >= 4 is 17.6 Å². The van der Waals surface area contributed by atoms with Crippen LogP contribution in [0.3, 0.4) is 0 Å². The number of nitrogens with zero attached hydrogens (tertiary/aromatic N) is 4. The third-order valence-electron chi connectivity index (χ3n) is 4.75. The molecule has 2 heterocycles. The SMILES string of the molecule is Cc1cc(N2CCN(C(=O)c3ccccc3OCC(N)=O)CC2)nc(C(C)C)n1. The molecule has 0 unspecified atom stereocenters. The van der Waals surface area contributed by atoms with Crippen molar-refractivity contribution < 1.29 is 14.3 Å². The van der Waals surface area contributed by atoms with Crippen molar-refractivity contribution in [2.75, 3.05) is 37.7 Å². The lowest BCUT2D eigenvalue weighted by Gasteiger charge is -2.36. The Labute approximate surface area is 170 Å². The lowest BCUT2D eigenvalue weighted by atomic mass is 10.1. The second kappa shape index (κ2) is 8.89. The van der Waals surface area contributed by atoms with E-state index in [2.05, 4.69) is 28.7 Å². The summed E-state index contributed by atoms with van der Waals surface area (Å²) in [7, 11) is 0. The molecule has 1 saturated heterocycles. The Kier molecular flexibility index (Phi) is 6.31. The first-order valence-corrected chi connectivity index (χ1v) is 9.75. The third kappa shape index (κ3) is 5.01. The number of para-hydroxylation sites is 1. The van der Waals surface area contributed by atoms with Gasteiger partial charge in [0.2, 0.25) is 0 Å². The molecule has 0 saturated carbocycles. The van der Waals surface area contributed by atoms with Crippen LogP contribution in [0.1, 0.15) is 41.6 Å². The fourth-order valence-electron chi connectivity index (χ4n) is 3.22. The molecule has 2 aromatic rings. The smallest absolute Gasteiger partial charge is 0.257 e. The van der Waals surface area contributed by atoms with E-state index in [9.17, 15) is 9.59 Å². The number of rotatable bonds is 6. The van der Waals surface area contributed by atoms with Crippen molar-refractivity contribution in [3.05, 3.63) is 47.4 Å². The summed E-state index contributed by atoms with van der Waals surface area (Å²) in [6.45, 7) is 8.38. The Balaban J connectivity index is 1.68. The number of carbonyl (C=O) groups excluding carboxylic acids is 2. The molecule has 1 aromatic heterocycles. The Bertz CT molecular complexity index is 892. The zero-order valence-electron chi connectivity index (χ0n) is 17.1. The molecule has 2 N–H and O–H groups in total. The van der Waals surface area contributed by atoms with Gasteiger partial charge in [0.1, 0.15) is 17.4 Å². The second-order valence-corrected chi connectivity index (χ2v) is 7.41. The van der Waals surface area contributed by atoms with Gasteiger partial charge in [0.25, 0.3) is 11.8 Å². The van der Waals surface area contributed by atoms with E-state index in [-0.39, 0.29) is 18.4 Å². The highest BCUT2D eigenvalue weighted by atomic mass is 16.5. The maximum Gasteiger partial charge on any atom is 0.257 e. The minimum absolute atomic E-state index is 0.119. The number of aromatic nitrogens is 2. The first-order chi connectivity index (χ1) is 13.8. The van der Waals surface area contributed by atoms with Gasteiger partial charge in [0.15, 0.2) is 6.61 Å². The lowest BCUT2D eigenvalue weighted by Crippen LogP contribution is -2.49. The summed E-state index contributed by atoms with van der Waals surface area (Å²) in [5.41, 5.74) is 6.52. The number of ether oxygens (including phenoxy) is 1.